The predicted octanol–water partition coefficient (Wildman–Crippen LogP) is 1.48. The van der Waals surface area contributed by atoms with Gasteiger partial charge in [0.2, 0.25) is 0 Å². The van der Waals surface area contributed by atoms with Gasteiger partial charge < -0.3 is 10.8 Å². The molecule has 21 heavy (non-hydrogen) atoms. The van der Waals surface area contributed by atoms with Crippen LogP contribution in [0, 0.1) is 5.92 Å². The number of aliphatic hydroxyl groups is 1. The number of fused-ring (bicyclic) bond motifs is 1. The number of aromatic nitrogens is 2. The molecule has 0 spiro atoms. The Morgan fingerprint density at radius 3 is 3.05 bits per heavy atom. The van der Waals surface area contributed by atoms with Crippen LogP contribution in [0.15, 0.2) is 12.4 Å². The number of nitrogens with two attached hydrogens (primary N) is 1. The van der Waals surface area contributed by atoms with Gasteiger partial charge in [-0.25, -0.2) is 9.97 Å². The van der Waals surface area contributed by atoms with Crippen molar-refractivity contribution in [1.29, 1.82) is 0 Å². The van der Waals surface area contributed by atoms with Crippen molar-refractivity contribution in [1.82, 2.24) is 14.9 Å². The Labute approximate surface area is 125 Å². The molecule has 2 atom stereocenters. The van der Waals surface area contributed by atoms with E-state index in [0.29, 0.717) is 11.7 Å². The summed E-state index contributed by atoms with van der Waals surface area (Å²) in [7, 11) is 0. The van der Waals surface area contributed by atoms with Crippen LogP contribution in [0.25, 0.3) is 5.57 Å². The highest BCUT2D eigenvalue weighted by Gasteiger charge is 2.32. The molecular formula is C16H24N4O. The van der Waals surface area contributed by atoms with E-state index < -0.39 is 0 Å². The number of nitrogens with zero attached hydrogens (tertiary/aromatic N) is 3. The maximum atomic E-state index is 10.2. The maximum absolute atomic E-state index is 10.2. The SMILES string of the molecule is CCCCC1CN(CC2=CCc3c(N)ncnc32)C[C@@H]1O. The molecule has 0 radical (unpaired) electrons. The van der Waals surface area contributed by atoms with Crippen molar-refractivity contribution in [3.63, 3.8) is 0 Å². The lowest BCUT2D eigenvalue weighted by molar-refractivity contribution is 0.137. The summed E-state index contributed by atoms with van der Waals surface area (Å²) in [5.74, 6) is 1.01. The highest BCUT2D eigenvalue weighted by Crippen LogP contribution is 2.31. The van der Waals surface area contributed by atoms with E-state index in [4.69, 9.17) is 5.73 Å². The zero-order chi connectivity index (χ0) is 14.8. The minimum atomic E-state index is -0.187. The maximum Gasteiger partial charge on any atom is 0.130 e. The van der Waals surface area contributed by atoms with E-state index in [1.165, 1.54) is 24.7 Å². The first-order valence-corrected chi connectivity index (χ1v) is 7.88. The van der Waals surface area contributed by atoms with Gasteiger partial charge in [0.1, 0.15) is 12.1 Å². The minimum Gasteiger partial charge on any atom is -0.391 e. The average Bonchev–Trinajstić information content (AvgIpc) is 3.02. The zero-order valence-electron chi connectivity index (χ0n) is 12.6. The first kappa shape index (κ1) is 14.5. The van der Waals surface area contributed by atoms with E-state index in [0.717, 1.165) is 43.7 Å². The first-order chi connectivity index (χ1) is 10.2. The number of hydrogen-bond donors (Lipinski definition) is 2. The molecule has 1 aliphatic heterocycles. The molecule has 1 aromatic heterocycles. The smallest absolute Gasteiger partial charge is 0.130 e. The van der Waals surface area contributed by atoms with Gasteiger partial charge in [0.15, 0.2) is 0 Å². The number of nitrogen functional groups attached to an aromatic ring is 1. The van der Waals surface area contributed by atoms with Crippen LogP contribution in [0.3, 0.4) is 0 Å². The highest BCUT2D eigenvalue weighted by molar-refractivity contribution is 5.74. The monoisotopic (exact) mass is 288 g/mol. The number of likely N-dealkylation sites (tertiary alicyclic amines) is 1. The van der Waals surface area contributed by atoms with E-state index >= 15 is 0 Å². The topological polar surface area (TPSA) is 75.3 Å². The van der Waals surface area contributed by atoms with Crippen molar-refractivity contribution >= 4 is 11.4 Å². The Bertz CT molecular complexity index is 543. The largest absolute Gasteiger partial charge is 0.391 e. The number of rotatable bonds is 5. The molecule has 1 aromatic rings. The third kappa shape index (κ3) is 2.94. The number of unbranched alkanes of at least 4 members (excludes halogenated alkanes) is 1. The molecule has 2 heterocycles. The van der Waals surface area contributed by atoms with Crippen LogP contribution in [0.2, 0.25) is 0 Å². The quantitative estimate of drug-likeness (QED) is 0.858. The predicted molar refractivity (Wildman–Crippen MR) is 83.6 cm³/mol. The molecule has 1 aliphatic carbocycles. The van der Waals surface area contributed by atoms with Gasteiger partial charge in [0.05, 0.1) is 11.8 Å². The minimum absolute atomic E-state index is 0.187. The fourth-order valence-electron chi connectivity index (χ4n) is 3.43. The molecule has 1 saturated heterocycles. The molecular weight excluding hydrogens is 264 g/mol. The normalized spacial score (nSPS) is 25.1. The molecule has 1 fully saturated rings. The van der Waals surface area contributed by atoms with Gasteiger partial charge >= 0.3 is 0 Å². The van der Waals surface area contributed by atoms with E-state index in [1.54, 1.807) is 0 Å². The average molecular weight is 288 g/mol. The third-order valence-corrected chi connectivity index (χ3v) is 4.64. The molecule has 0 aromatic carbocycles. The van der Waals surface area contributed by atoms with Crippen molar-refractivity contribution < 1.29 is 5.11 Å². The van der Waals surface area contributed by atoms with Gasteiger partial charge in [-0.05, 0) is 24.3 Å². The Hall–Kier alpha value is -1.46. The van der Waals surface area contributed by atoms with Crippen LogP contribution in [0.4, 0.5) is 5.82 Å². The summed E-state index contributed by atoms with van der Waals surface area (Å²) in [5.41, 5.74) is 9.17. The van der Waals surface area contributed by atoms with Crippen LogP contribution in [0.1, 0.15) is 37.4 Å². The molecule has 5 nitrogen and oxygen atoms in total. The van der Waals surface area contributed by atoms with Crippen LogP contribution in [0.5, 0.6) is 0 Å². The van der Waals surface area contributed by atoms with Gasteiger partial charge in [-0.2, -0.15) is 0 Å². The van der Waals surface area contributed by atoms with Crippen LogP contribution >= 0.6 is 0 Å². The summed E-state index contributed by atoms with van der Waals surface area (Å²) < 4.78 is 0. The summed E-state index contributed by atoms with van der Waals surface area (Å²) in [5, 5.41) is 10.2. The summed E-state index contributed by atoms with van der Waals surface area (Å²) in [6, 6.07) is 0. The van der Waals surface area contributed by atoms with Gasteiger partial charge in [0, 0.05) is 25.2 Å². The highest BCUT2D eigenvalue weighted by atomic mass is 16.3. The number of aliphatic hydroxyl groups excluding tert-OH is 1. The summed E-state index contributed by atoms with van der Waals surface area (Å²) in [6.45, 7) is 4.79. The second-order valence-electron chi connectivity index (χ2n) is 6.18. The van der Waals surface area contributed by atoms with E-state index in [-0.39, 0.29) is 6.10 Å². The Balaban J connectivity index is 1.63. The van der Waals surface area contributed by atoms with E-state index in [1.807, 2.05) is 0 Å². The van der Waals surface area contributed by atoms with Crippen LogP contribution in [-0.2, 0) is 6.42 Å². The van der Waals surface area contributed by atoms with Crippen molar-refractivity contribution in [2.75, 3.05) is 25.4 Å². The number of hydrogen-bond acceptors (Lipinski definition) is 5. The Kier molecular flexibility index (Phi) is 4.22. The van der Waals surface area contributed by atoms with Crippen molar-refractivity contribution in [2.45, 2.75) is 38.7 Å². The van der Waals surface area contributed by atoms with Crippen LogP contribution in [-0.4, -0.2) is 45.7 Å². The molecule has 0 saturated carbocycles. The van der Waals surface area contributed by atoms with E-state index in [2.05, 4.69) is 27.9 Å². The van der Waals surface area contributed by atoms with Crippen molar-refractivity contribution in [3.05, 3.63) is 23.7 Å². The lowest BCUT2D eigenvalue weighted by atomic mass is 9.99. The molecule has 2 aliphatic rings. The van der Waals surface area contributed by atoms with Gasteiger partial charge in [0.25, 0.3) is 0 Å². The standard InChI is InChI=1S/C16H24N4O/c1-2-3-4-11-7-20(9-14(11)21)8-12-5-6-13-15(12)18-10-19-16(13)17/h5,10-11,14,21H,2-4,6-9H2,1H3,(H2,17,18,19)/t11?,14-/m0/s1. The fraction of sp³-hybridized carbons (Fsp3) is 0.625. The number of anilines is 1. The van der Waals surface area contributed by atoms with Crippen LogP contribution < -0.4 is 5.73 Å². The zero-order valence-corrected chi connectivity index (χ0v) is 12.6. The summed E-state index contributed by atoms with van der Waals surface area (Å²) >= 11 is 0. The van der Waals surface area contributed by atoms with Crippen molar-refractivity contribution in [2.24, 2.45) is 5.92 Å². The second kappa shape index (κ2) is 6.12. The molecule has 5 heteroatoms. The molecule has 3 rings (SSSR count). The Morgan fingerprint density at radius 2 is 2.24 bits per heavy atom. The molecule has 3 N–H and O–H groups in total. The lowest BCUT2D eigenvalue weighted by Crippen LogP contribution is -2.24. The number of allylic oxidation sites excluding steroid dienone is 1. The van der Waals surface area contributed by atoms with Gasteiger partial charge in [-0.15, -0.1) is 0 Å². The van der Waals surface area contributed by atoms with Crippen molar-refractivity contribution in [3.8, 4) is 0 Å². The Morgan fingerprint density at radius 1 is 1.38 bits per heavy atom. The third-order valence-electron chi connectivity index (χ3n) is 4.64. The van der Waals surface area contributed by atoms with Gasteiger partial charge in [-0.3, -0.25) is 4.90 Å². The fourth-order valence-corrected chi connectivity index (χ4v) is 3.43. The second-order valence-corrected chi connectivity index (χ2v) is 6.18. The molecule has 114 valence electrons. The molecule has 1 unspecified atom stereocenters. The summed E-state index contributed by atoms with van der Waals surface area (Å²) in [4.78, 5) is 10.8. The summed E-state index contributed by atoms with van der Waals surface area (Å²) in [6.07, 6.45) is 7.89. The first-order valence-electron chi connectivity index (χ1n) is 7.88. The number of β-amino-alcohol motifs (C(OH)–C–C–N with tert-alkyl or cyclic N) is 1. The molecule has 0 bridgehead atoms. The van der Waals surface area contributed by atoms with E-state index in [9.17, 15) is 5.11 Å². The molecule has 0 amide bonds. The van der Waals surface area contributed by atoms with Gasteiger partial charge in [-0.1, -0.05) is 25.8 Å². The lowest BCUT2D eigenvalue weighted by Gasteiger charge is -2.16.